The second kappa shape index (κ2) is 11.3. The summed E-state index contributed by atoms with van der Waals surface area (Å²) in [6.07, 6.45) is 3.02. The lowest BCUT2D eigenvalue weighted by atomic mass is 10.1. The van der Waals surface area contributed by atoms with E-state index >= 15 is 0 Å². The summed E-state index contributed by atoms with van der Waals surface area (Å²) in [7, 11) is 3.10. The molecule has 0 saturated carbocycles. The summed E-state index contributed by atoms with van der Waals surface area (Å²) in [4.78, 5) is 46.6. The smallest absolute Gasteiger partial charge is 0.332 e. The number of hydrogen-bond acceptors (Lipinski definition) is 13. The molecule has 204 valence electrons. The Labute approximate surface area is 227 Å². The third kappa shape index (κ3) is 5.36. The van der Waals surface area contributed by atoms with Gasteiger partial charge in [0.2, 0.25) is 11.5 Å². The molecule has 3 aromatic rings. The van der Waals surface area contributed by atoms with Gasteiger partial charge in [0.15, 0.2) is 23.2 Å². The van der Waals surface area contributed by atoms with Crippen molar-refractivity contribution in [3.63, 3.8) is 0 Å². The van der Waals surface area contributed by atoms with E-state index in [-0.39, 0.29) is 17.3 Å². The van der Waals surface area contributed by atoms with Gasteiger partial charge in [-0.05, 0) is 23.6 Å². The first kappa shape index (κ1) is 26.4. The second-order valence-electron chi connectivity index (χ2n) is 8.56. The number of benzene rings is 1. The van der Waals surface area contributed by atoms with Gasteiger partial charge in [0, 0.05) is 37.9 Å². The van der Waals surface area contributed by atoms with Crippen LogP contribution in [0.25, 0.3) is 22.4 Å². The molecule has 1 aromatic carbocycles. The molecular formula is C24H27N9O5S. The zero-order valence-electron chi connectivity index (χ0n) is 21.2. The number of urea groups is 1. The van der Waals surface area contributed by atoms with E-state index in [1.807, 2.05) is 11.0 Å². The quantitative estimate of drug-likeness (QED) is 0.353. The third-order valence-corrected chi connectivity index (χ3v) is 7.08. The second-order valence-corrected chi connectivity index (χ2v) is 9.51. The molecule has 2 aliphatic rings. The van der Waals surface area contributed by atoms with Crippen molar-refractivity contribution >= 4 is 40.9 Å². The Hall–Kier alpha value is -4.21. The maximum Gasteiger partial charge on any atom is 0.332 e. The van der Waals surface area contributed by atoms with Crippen LogP contribution in [0.4, 0.5) is 10.7 Å². The van der Waals surface area contributed by atoms with Crippen molar-refractivity contribution in [1.29, 1.82) is 0 Å². The van der Waals surface area contributed by atoms with Crippen molar-refractivity contribution in [3.8, 4) is 22.8 Å². The summed E-state index contributed by atoms with van der Waals surface area (Å²) in [5.41, 5.74) is 12.5. The van der Waals surface area contributed by atoms with Gasteiger partial charge in [-0.1, -0.05) is 11.8 Å². The van der Waals surface area contributed by atoms with E-state index in [9.17, 15) is 9.59 Å². The van der Waals surface area contributed by atoms with Crippen molar-refractivity contribution in [2.75, 3.05) is 46.1 Å². The van der Waals surface area contributed by atoms with Crippen LogP contribution in [-0.2, 0) is 9.53 Å². The fourth-order valence-corrected chi connectivity index (χ4v) is 5.17. The van der Waals surface area contributed by atoms with Crippen molar-refractivity contribution < 1.29 is 23.8 Å². The fraction of sp³-hybridized carbons (Fsp3) is 0.333. The SMILES string of the molecule is COc1ccc(-c2cnc3nc(N)nc(C(C(=O)OC4SC=CN4C(N)=O)N4CCNCC4)c3n2)cc1OC. The number of ether oxygens (including phenoxy) is 3. The van der Waals surface area contributed by atoms with Gasteiger partial charge < -0.3 is 31.0 Å². The zero-order chi connectivity index (χ0) is 27.5. The first-order valence-electron chi connectivity index (χ1n) is 12.0. The summed E-state index contributed by atoms with van der Waals surface area (Å²) >= 11 is 1.14. The predicted octanol–water partition coefficient (Wildman–Crippen LogP) is 1.06. The number of rotatable bonds is 7. The molecule has 5 rings (SSSR count). The Morgan fingerprint density at radius 3 is 2.62 bits per heavy atom. The number of carbonyl (C=O) groups is 2. The van der Waals surface area contributed by atoms with Crippen LogP contribution in [0.2, 0.25) is 0 Å². The number of nitrogen functional groups attached to an aromatic ring is 1. The van der Waals surface area contributed by atoms with Crippen LogP contribution < -0.4 is 26.3 Å². The Morgan fingerprint density at radius 2 is 1.90 bits per heavy atom. The Bertz CT molecular complexity index is 1430. The fourth-order valence-electron chi connectivity index (χ4n) is 4.37. The number of nitrogens with two attached hydrogens (primary N) is 2. The molecule has 2 atom stereocenters. The lowest BCUT2D eigenvalue weighted by Crippen LogP contribution is -2.49. The van der Waals surface area contributed by atoms with E-state index in [2.05, 4.69) is 20.3 Å². The molecule has 2 amide bonds. The highest BCUT2D eigenvalue weighted by Crippen LogP contribution is 2.34. The topological polar surface area (TPSA) is 184 Å². The third-order valence-electron chi connectivity index (χ3n) is 6.24. The van der Waals surface area contributed by atoms with Gasteiger partial charge in [-0.2, -0.15) is 4.98 Å². The van der Waals surface area contributed by atoms with Gasteiger partial charge in [-0.15, -0.1) is 0 Å². The molecule has 0 aliphatic carbocycles. The molecule has 4 heterocycles. The molecular weight excluding hydrogens is 526 g/mol. The van der Waals surface area contributed by atoms with E-state index in [1.165, 1.54) is 6.20 Å². The number of nitrogens with zero attached hydrogens (tertiary/aromatic N) is 6. The van der Waals surface area contributed by atoms with Crippen LogP contribution >= 0.6 is 11.8 Å². The molecule has 0 radical (unpaired) electrons. The normalized spacial score (nSPS) is 18.2. The lowest BCUT2D eigenvalue weighted by molar-refractivity contribution is -0.155. The minimum Gasteiger partial charge on any atom is -0.493 e. The van der Waals surface area contributed by atoms with Crippen LogP contribution in [0, 0.1) is 0 Å². The average molecular weight is 554 g/mol. The largest absolute Gasteiger partial charge is 0.493 e. The minimum atomic E-state index is -0.995. The minimum absolute atomic E-state index is 0.0609. The Balaban J connectivity index is 1.59. The number of anilines is 1. The van der Waals surface area contributed by atoms with Gasteiger partial charge in [-0.25, -0.2) is 24.5 Å². The highest BCUT2D eigenvalue weighted by Gasteiger charge is 2.38. The van der Waals surface area contributed by atoms with E-state index < -0.39 is 23.6 Å². The highest BCUT2D eigenvalue weighted by molar-refractivity contribution is 8.02. The molecule has 14 nitrogen and oxygen atoms in total. The van der Waals surface area contributed by atoms with Gasteiger partial charge in [0.25, 0.3) is 0 Å². The van der Waals surface area contributed by atoms with Crippen molar-refractivity contribution in [2.24, 2.45) is 5.73 Å². The number of aromatic nitrogens is 4. The van der Waals surface area contributed by atoms with Crippen LogP contribution in [0.1, 0.15) is 11.7 Å². The molecule has 1 saturated heterocycles. The Morgan fingerprint density at radius 1 is 1.13 bits per heavy atom. The van der Waals surface area contributed by atoms with E-state index in [0.717, 1.165) is 16.7 Å². The predicted molar refractivity (Wildman–Crippen MR) is 143 cm³/mol. The van der Waals surface area contributed by atoms with E-state index in [0.29, 0.717) is 54.5 Å². The van der Waals surface area contributed by atoms with Crippen molar-refractivity contribution in [1.82, 2.24) is 35.1 Å². The number of thioether (sulfide) groups is 1. The number of carbonyl (C=O) groups excluding carboxylic acids is 2. The number of fused-ring (bicyclic) bond motifs is 1. The number of amides is 2. The van der Waals surface area contributed by atoms with E-state index in [4.69, 9.17) is 30.7 Å². The molecule has 1 fully saturated rings. The standard InChI is InChI=1S/C24H27N9O5S/c1-36-15-4-3-13(11-16(15)37-2)14-12-28-20-18(29-14)17(30-22(25)31-20)19(32-7-5-27-6-8-32)21(34)38-24-33(23(26)35)9-10-39-24/h3-4,9-12,19,24,27H,5-8H2,1-2H3,(H2,26,35)(H2,25,28,30,31). The summed E-state index contributed by atoms with van der Waals surface area (Å²) in [6.45, 7) is 2.36. The highest BCUT2D eigenvalue weighted by atomic mass is 32.2. The van der Waals surface area contributed by atoms with Gasteiger partial charge >= 0.3 is 12.0 Å². The number of hydrogen-bond donors (Lipinski definition) is 3. The number of piperazine rings is 1. The van der Waals surface area contributed by atoms with Crippen molar-refractivity contribution in [2.45, 2.75) is 11.6 Å². The number of nitrogens with one attached hydrogen (secondary N) is 1. The zero-order valence-corrected chi connectivity index (χ0v) is 22.1. The maximum atomic E-state index is 13.7. The van der Waals surface area contributed by atoms with Crippen LogP contribution in [-0.4, -0.2) is 87.7 Å². The molecule has 0 bridgehead atoms. The summed E-state index contributed by atoms with van der Waals surface area (Å²) < 4.78 is 16.5. The number of primary amides is 1. The molecule has 0 spiro atoms. The molecule has 15 heteroatoms. The summed E-state index contributed by atoms with van der Waals surface area (Å²) in [5.74, 6) is 0.392. The van der Waals surface area contributed by atoms with Crippen molar-refractivity contribution in [3.05, 3.63) is 41.7 Å². The Kier molecular flexibility index (Phi) is 7.63. The molecule has 2 unspecified atom stereocenters. The molecule has 2 aliphatic heterocycles. The monoisotopic (exact) mass is 553 g/mol. The first-order valence-corrected chi connectivity index (χ1v) is 12.9. The van der Waals surface area contributed by atoms with Crippen LogP contribution in [0.5, 0.6) is 11.5 Å². The average Bonchev–Trinajstić information content (AvgIpc) is 3.41. The number of methoxy groups -OCH3 is 2. The lowest BCUT2D eigenvalue weighted by Gasteiger charge is -2.34. The molecule has 2 aromatic heterocycles. The van der Waals surface area contributed by atoms with Crippen LogP contribution in [0.15, 0.2) is 36.0 Å². The summed E-state index contributed by atoms with van der Waals surface area (Å²) in [6, 6.07) is 3.62. The van der Waals surface area contributed by atoms with E-state index in [1.54, 1.807) is 38.0 Å². The van der Waals surface area contributed by atoms with Crippen LogP contribution in [0.3, 0.4) is 0 Å². The summed E-state index contributed by atoms with van der Waals surface area (Å²) in [5, 5.41) is 4.90. The van der Waals surface area contributed by atoms with Gasteiger partial charge in [-0.3, -0.25) is 9.80 Å². The maximum absolute atomic E-state index is 13.7. The first-order chi connectivity index (χ1) is 18.9. The molecule has 5 N–H and O–H groups in total. The molecule has 39 heavy (non-hydrogen) atoms. The number of esters is 1. The van der Waals surface area contributed by atoms with Gasteiger partial charge in [0.1, 0.15) is 11.2 Å². The van der Waals surface area contributed by atoms with Gasteiger partial charge in [0.05, 0.1) is 26.1 Å².